The van der Waals surface area contributed by atoms with E-state index in [-0.39, 0.29) is 11.2 Å². The van der Waals surface area contributed by atoms with Crippen molar-refractivity contribution in [1.82, 2.24) is 4.90 Å². The summed E-state index contributed by atoms with van der Waals surface area (Å²) in [5.41, 5.74) is 8.10. The van der Waals surface area contributed by atoms with E-state index in [1.807, 2.05) is 0 Å². The van der Waals surface area contributed by atoms with Crippen LogP contribution in [0.25, 0.3) is 0 Å². The minimum Gasteiger partial charge on any atom is -0.367 e. The van der Waals surface area contributed by atoms with Crippen LogP contribution in [0.2, 0.25) is 0 Å². The van der Waals surface area contributed by atoms with E-state index in [0.29, 0.717) is 6.54 Å². The number of benzene rings is 1. The first-order valence-electron chi connectivity index (χ1n) is 7.50. The number of hydrogen-bond acceptors (Lipinski definition) is 3. The van der Waals surface area contributed by atoms with Crippen molar-refractivity contribution < 1.29 is 4.74 Å². The van der Waals surface area contributed by atoms with Crippen molar-refractivity contribution in [2.45, 2.75) is 51.9 Å². The Bertz CT molecular complexity index is 421. The van der Waals surface area contributed by atoms with Crippen molar-refractivity contribution in [3.05, 3.63) is 35.4 Å². The van der Waals surface area contributed by atoms with Crippen LogP contribution in [-0.4, -0.2) is 35.7 Å². The number of morpholine rings is 1. The van der Waals surface area contributed by atoms with Gasteiger partial charge >= 0.3 is 0 Å². The second kappa shape index (κ2) is 5.84. The fourth-order valence-corrected chi connectivity index (χ4v) is 3.29. The summed E-state index contributed by atoms with van der Waals surface area (Å²) < 4.78 is 6.12. The standard InChI is InChI=1S/C17H28N2O/c1-16(2)12-19(13-17(3,4)20-16)11-15-7-5-14(6-8-15)9-10-18/h5-8H,9-13,18H2,1-4H3. The van der Waals surface area contributed by atoms with E-state index in [9.17, 15) is 0 Å². The minimum absolute atomic E-state index is 0.0821. The van der Waals surface area contributed by atoms with Crippen molar-refractivity contribution >= 4 is 0 Å². The smallest absolute Gasteiger partial charge is 0.0760 e. The highest BCUT2D eigenvalue weighted by molar-refractivity contribution is 5.23. The molecule has 0 bridgehead atoms. The highest BCUT2D eigenvalue weighted by Gasteiger charge is 2.37. The molecule has 0 aromatic heterocycles. The van der Waals surface area contributed by atoms with Crippen LogP contribution in [0.1, 0.15) is 38.8 Å². The van der Waals surface area contributed by atoms with Gasteiger partial charge in [0.25, 0.3) is 0 Å². The van der Waals surface area contributed by atoms with E-state index in [1.54, 1.807) is 0 Å². The van der Waals surface area contributed by atoms with Gasteiger partial charge in [-0.25, -0.2) is 0 Å². The SMILES string of the molecule is CC1(C)CN(Cc2ccc(CCN)cc2)CC(C)(C)O1. The van der Waals surface area contributed by atoms with Crippen LogP contribution >= 0.6 is 0 Å². The fourth-order valence-electron chi connectivity index (χ4n) is 3.29. The van der Waals surface area contributed by atoms with E-state index in [4.69, 9.17) is 10.5 Å². The number of nitrogens with two attached hydrogens (primary N) is 1. The first-order valence-corrected chi connectivity index (χ1v) is 7.50. The molecule has 1 heterocycles. The zero-order chi connectivity index (χ0) is 14.8. The molecule has 112 valence electrons. The third-order valence-corrected chi connectivity index (χ3v) is 3.62. The average Bonchev–Trinajstić information content (AvgIpc) is 2.28. The van der Waals surface area contributed by atoms with Crippen molar-refractivity contribution in [3.63, 3.8) is 0 Å². The first-order chi connectivity index (χ1) is 9.30. The molecule has 0 aliphatic carbocycles. The molecule has 2 rings (SSSR count). The predicted octanol–water partition coefficient (Wildman–Crippen LogP) is 2.58. The van der Waals surface area contributed by atoms with Crippen molar-refractivity contribution in [2.24, 2.45) is 5.73 Å². The van der Waals surface area contributed by atoms with Gasteiger partial charge in [-0.05, 0) is 51.8 Å². The number of nitrogens with zero attached hydrogens (tertiary/aromatic N) is 1. The Labute approximate surface area is 123 Å². The summed E-state index contributed by atoms with van der Waals surface area (Å²) in [5.74, 6) is 0. The van der Waals surface area contributed by atoms with Gasteiger partial charge < -0.3 is 10.5 Å². The zero-order valence-corrected chi connectivity index (χ0v) is 13.3. The molecule has 1 aliphatic heterocycles. The third kappa shape index (κ3) is 4.30. The fraction of sp³-hybridized carbons (Fsp3) is 0.647. The van der Waals surface area contributed by atoms with Gasteiger partial charge in [0.15, 0.2) is 0 Å². The lowest BCUT2D eigenvalue weighted by molar-refractivity contribution is -0.182. The predicted molar refractivity (Wildman–Crippen MR) is 83.7 cm³/mol. The van der Waals surface area contributed by atoms with Crippen LogP contribution in [0.4, 0.5) is 0 Å². The highest BCUT2D eigenvalue weighted by atomic mass is 16.5. The van der Waals surface area contributed by atoms with Crippen LogP contribution in [-0.2, 0) is 17.7 Å². The molecule has 0 unspecified atom stereocenters. The maximum atomic E-state index is 6.12. The van der Waals surface area contributed by atoms with Gasteiger partial charge in [0.2, 0.25) is 0 Å². The maximum Gasteiger partial charge on any atom is 0.0760 e. The van der Waals surface area contributed by atoms with E-state index in [1.165, 1.54) is 11.1 Å². The summed E-state index contributed by atoms with van der Waals surface area (Å²) in [6.07, 6.45) is 0.956. The van der Waals surface area contributed by atoms with Crippen LogP contribution in [0.5, 0.6) is 0 Å². The molecular formula is C17H28N2O. The van der Waals surface area contributed by atoms with Crippen molar-refractivity contribution in [3.8, 4) is 0 Å². The summed E-state index contributed by atoms with van der Waals surface area (Å²) in [6.45, 7) is 12.3. The zero-order valence-electron chi connectivity index (χ0n) is 13.3. The molecule has 0 atom stereocenters. The average molecular weight is 276 g/mol. The molecule has 1 saturated heterocycles. The van der Waals surface area contributed by atoms with Crippen LogP contribution in [0.15, 0.2) is 24.3 Å². The molecule has 2 N–H and O–H groups in total. The van der Waals surface area contributed by atoms with Gasteiger partial charge in [-0.2, -0.15) is 0 Å². The van der Waals surface area contributed by atoms with E-state index in [2.05, 4.69) is 56.9 Å². The summed E-state index contributed by atoms with van der Waals surface area (Å²) in [7, 11) is 0. The highest BCUT2D eigenvalue weighted by Crippen LogP contribution is 2.28. The van der Waals surface area contributed by atoms with Gasteiger partial charge in [-0.3, -0.25) is 4.90 Å². The number of ether oxygens (including phenoxy) is 1. The Morgan fingerprint density at radius 1 is 1.00 bits per heavy atom. The molecule has 1 aromatic carbocycles. The Morgan fingerprint density at radius 3 is 2.00 bits per heavy atom. The molecule has 0 radical (unpaired) electrons. The third-order valence-electron chi connectivity index (χ3n) is 3.62. The number of rotatable bonds is 4. The van der Waals surface area contributed by atoms with E-state index >= 15 is 0 Å². The summed E-state index contributed by atoms with van der Waals surface area (Å²) in [5, 5.41) is 0. The van der Waals surface area contributed by atoms with Crippen LogP contribution in [0, 0.1) is 0 Å². The lowest BCUT2D eigenvalue weighted by Gasteiger charge is -2.47. The van der Waals surface area contributed by atoms with Gasteiger partial charge in [-0.15, -0.1) is 0 Å². The second-order valence-corrected chi connectivity index (χ2v) is 7.12. The van der Waals surface area contributed by atoms with Crippen LogP contribution in [0.3, 0.4) is 0 Å². The van der Waals surface area contributed by atoms with Gasteiger partial charge in [-0.1, -0.05) is 24.3 Å². The van der Waals surface area contributed by atoms with Gasteiger partial charge in [0.1, 0.15) is 0 Å². The Balaban J connectivity index is 2.01. The molecule has 20 heavy (non-hydrogen) atoms. The van der Waals surface area contributed by atoms with Crippen molar-refractivity contribution in [2.75, 3.05) is 19.6 Å². The second-order valence-electron chi connectivity index (χ2n) is 7.12. The molecule has 1 fully saturated rings. The molecule has 0 spiro atoms. The normalized spacial score (nSPS) is 21.9. The molecule has 3 nitrogen and oxygen atoms in total. The number of hydrogen-bond donors (Lipinski definition) is 1. The molecule has 3 heteroatoms. The molecule has 1 aromatic rings. The Hall–Kier alpha value is -0.900. The molecule has 0 saturated carbocycles. The lowest BCUT2D eigenvalue weighted by atomic mass is 9.98. The summed E-state index contributed by atoms with van der Waals surface area (Å²) in [6, 6.07) is 8.83. The van der Waals surface area contributed by atoms with E-state index < -0.39 is 0 Å². The minimum atomic E-state index is -0.0821. The molecular weight excluding hydrogens is 248 g/mol. The molecule has 1 aliphatic rings. The molecule has 0 amide bonds. The van der Waals surface area contributed by atoms with E-state index in [0.717, 1.165) is 26.1 Å². The van der Waals surface area contributed by atoms with Gasteiger partial charge in [0, 0.05) is 19.6 Å². The topological polar surface area (TPSA) is 38.5 Å². The first kappa shape index (κ1) is 15.5. The largest absolute Gasteiger partial charge is 0.367 e. The summed E-state index contributed by atoms with van der Waals surface area (Å²) >= 11 is 0. The lowest BCUT2D eigenvalue weighted by Crippen LogP contribution is -2.56. The quantitative estimate of drug-likeness (QED) is 0.918. The summed E-state index contributed by atoms with van der Waals surface area (Å²) in [4.78, 5) is 2.49. The Morgan fingerprint density at radius 2 is 1.50 bits per heavy atom. The monoisotopic (exact) mass is 276 g/mol. The maximum absolute atomic E-state index is 6.12. The van der Waals surface area contributed by atoms with Crippen LogP contribution < -0.4 is 5.73 Å². The van der Waals surface area contributed by atoms with Gasteiger partial charge in [0.05, 0.1) is 11.2 Å². The van der Waals surface area contributed by atoms with Crippen molar-refractivity contribution in [1.29, 1.82) is 0 Å². The Kier molecular flexibility index (Phi) is 4.52.